The van der Waals surface area contributed by atoms with E-state index in [-0.39, 0.29) is 11.7 Å². The van der Waals surface area contributed by atoms with E-state index in [4.69, 9.17) is 5.10 Å². The Labute approximate surface area is 164 Å². The Balaban J connectivity index is 1.88. The van der Waals surface area contributed by atoms with Gasteiger partial charge < -0.3 is 15.0 Å². The standard InChI is InChI=1S/C22H24N4O2/c1-15(27)17-8-9-19-18(14-17)20(22(28)23-19)21(16-6-4-3-5-7-16)24-26-12-10-25(2)11-13-26/h3-9,14,23,28H,10-13H2,1-2H3. The number of aromatic hydroxyl groups is 1. The molecule has 0 amide bonds. The van der Waals surface area contributed by atoms with Gasteiger partial charge in [-0.1, -0.05) is 30.3 Å². The zero-order chi connectivity index (χ0) is 19.7. The second-order valence-corrected chi connectivity index (χ2v) is 7.24. The number of benzene rings is 2. The number of rotatable bonds is 4. The van der Waals surface area contributed by atoms with Crippen molar-refractivity contribution in [3.05, 3.63) is 65.2 Å². The van der Waals surface area contributed by atoms with Crippen LogP contribution in [-0.2, 0) is 0 Å². The zero-order valence-corrected chi connectivity index (χ0v) is 16.1. The molecular formula is C22H24N4O2. The second-order valence-electron chi connectivity index (χ2n) is 7.24. The Bertz CT molecular complexity index is 1030. The van der Waals surface area contributed by atoms with Crippen LogP contribution in [0.2, 0.25) is 0 Å². The van der Waals surface area contributed by atoms with Gasteiger partial charge in [-0.2, -0.15) is 5.10 Å². The average Bonchev–Trinajstić information content (AvgIpc) is 3.03. The highest BCUT2D eigenvalue weighted by atomic mass is 16.3. The zero-order valence-electron chi connectivity index (χ0n) is 16.1. The summed E-state index contributed by atoms with van der Waals surface area (Å²) in [5, 5.41) is 18.5. The molecule has 0 bridgehead atoms. The first-order valence-corrected chi connectivity index (χ1v) is 9.46. The monoisotopic (exact) mass is 376 g/mol. The predicted molar refractivity (Wildman–Crippen MR) is 111 cm³/mol. The number of hydrazone groups is 1. The molecule has 2 N–H and O–H groups in total. The molecule has 1 saturated heterocycles. The van der Waals surface area contributed by atoms with Crippen LogP contribution in [-0.4, -0.2) is 64.7 Å². The second kappa shape index (κ2) is 7.48. The van der Waals surface area contributed by atoms with Crippen LogP contribution in [0.5, 0.6) is 5.88 Å². The van der Waals surface area contributed by atoms with Gasteiger partial charge in [0.25, 0.3) is 0 Å². The number of nitrogens with one attached hydrogen (secondary N) is 1. The lowest BCUT2D eigenvalue weighted by Gasteiger charge is -2.31. The van der Waals surface area contributed by atoms with Crippen LogP contribution in [0.15, 0.2) is 53.6 Å². The lowest BCUT2D eigenvalue weighted by molar-refractivity contribution is 0.101. The Morgan fingerprint density at radius 2 is 1.75 bits per heavy atom. The summed E-state index contributed by atoms with van der Waals surface area (Å²) >= 11 is 0. The van der Waals surface area contributed by atoms with Crippen molar-refractivity contribution in [1.82, 2.24) is 14.9 Å². The van der Waals surface area contributed by atoms with Gasteiger partial charge >= 0.3 is 0 Å². The average molecular weight is 376 g/mol. The molecule has 144 valence electrons. The van der Waals surface area contributed by atoms with Crippen LogP contribution in [0, 0.1) is 0 Å². The topological polar surface area (TPSA) is 71.9 Å². The summed E-state index contributed by atoms with van der Waals surface area (Å²) < 4.78 is 0. The summed E-state index contributed by atoms with van der Waals surface area (Å²) in [5.41, 5.74) is 3.64. The van der Waals surface area contributed by atoms with Gasteiger partial charge in [0.1, 0.15) is 5.71 Å². The molecule has 3 aromatic rings. The van der Waals surface area contributed by atoms with Crippen molar-refractivity contribution in [3.63, 3.8) is 0 Å². The molecule has 1 fully saturated rings. The minimum absolute atomic E-state index is 0.00851. The van der Waals surface area contributed by atoms with Crippen LogP contribution in [0.1, 0.15) is 28.4 Å². The first kappa shape index (κ1) is 18.3. The van der Waals surface area contributed by atoms with E-state index in [1.54, 1.807) is 13.0 Å². The number of H-pyrrole nitrogens is 1. The van der Waals surface area contributed by atoms with E-state index in [2.05, 4.69) is 21.9 Å². The van der Waals surface area contributed by atoms with Gasteiger partial charge in [-0.05, 0) is 32.2 Å². The molecule has 1 aliphatic rings. The molecule has 1 aliphatic heterocycles. The SMILES string of the molecule is CC(=O)c1ccc2[nH]c(O)c(C(=NN3CCN(C)CC3)c3ccccc3)c2c1. The molecule has 0 atom stereocenters. The Morgan fingerprint density at radius 1 is 1.04 bits per heavy atom. The maximum Gasteiger partial charge on any atom is 0.199 e. The molecular weight excluding hydrogens is 352 g/mol. The van der Waals surface area contributed by atoms with Crippen molar-refractivity contribution in [2.24, 2.45) is 5.10 Å². The summed E-state index contributed by atoms with van der Waals surface area (Å²) in [5.74, 6) is 0.0539. The highest BCUT2D eigenvalue weighted by Gasteiger charge is 2.21. The molecule has 6 heteroatoms. The molecule has 1 aromatic heterocycles. The van der Waals surface area contributed by atoms with Gasteiger partial charge in [-0.3, -0.25) is 9.80 Å². The van der Waals surface area contributed by atoms with Crippen molar-refractivity contribution in [1.29, 1.82) is 0 Å². The van der Waals surface area contributed by atoms with E-state index >= 15 is 0 Å². The summed E-state index contributed by atoms with van der Waals surface area (Å²) in [7, 11) is 2.11. The van der Waals surface area contributed by atoms with E-state index in [9.17, 15) is 9.90 Å². The molecule has 0 radical (unpaired) electrons. The molecule has 4 rings (SSSR count). The highest BCUT2D eigenvalue weighted by molar-refractivity contribution is 6.21. The summed E-state index contributed by atoms with van der Waals surface area (Å²) in [6.45, 7) is 5.09. The Kier molecular flexibility index (Phi) is 4.88. The van der Waals surface area contributed by atoms with Crippen LogP contribution in [0.4, 0.5) is 0 Å². The van der Waals surface area contributed by atoms with Crippen molar-refractivity contribution < 1.29 is 9.90 Å². The van der Waals surface area contributed by atoms with Gasteiger partial charge in [0.05, 0.1) is 5.56 Å². The fraction of sp³-hybridized carbons (Fsp3) is 0.273. The number of nitrogens with zero attached hydrogens (tertiary/aromatic N) is 3. The lowest BCUT2D eigenvalue weighted by atomic mass is 9.99. The molecule has 2 aromatic carbocycles. The summed E-state index contributed by atoms with van der Waals surface area (Å²) in [6.07, 6.45) is 0. The predicted octanol–water partition coefficient (Wildman–Crippen LogP) is 3.08. The quantitative estimate of drug-likeness (QED) is 0.542. The molecule has 6 nitrogen and oxygen atoms in total. The van der Waals surface area contributed by atoms with Crippen molar-refractivity contribution >= 4 is 22.4 Å². The normalized spacial score (nSPS) is 15.9. The number of hydrogen-bond acceptors (Lipinski definition) is 5. The molecule has 0 saturated carbocycles. The van der Waals surface area contributed by atoms with E-state index in [0.29, 0.717) is 16.8 Å². The first-order chi connectivity index (χ1) is 13.5. The van der Waals surface area contributed by atoms with E-state index in [1.807, 2.05) is 42.5 Å². The number of likely N-dealkylation sites (N-methyl/N-ethyl adjacent to an activating group) is 1. The largest absolute Gasteiger partial charge is 0.494 e. The van der Waals surface area contributed by atoms with Crippen LogP contribution >= 0.6 is 0 Å². The maximum atomic E-state index is 11.9. The van der Waals surface area contributed by atoms with Crippen LogP contribution in [0.25, 0.3) is 10.9 Å². The number of carbonyl (C=O) groups excluding carboxylic acids is 1. The third-order valence-electron chi connectivity index (χ3n) is 5.19. The highest BCUT2D eigenvalue weighted by Crippen LogP contribution is 2.31. The number of aromatic amines is 1. The molecule has 0 unspecified atom stereocenters. The first-order valence-electron chi connectivity index (χ1n) is 9.46. The Morgan fingerprint density at radius 3 is 2.43 bits per heavy atom. The number of ketones is 1. The van der Waals surface area contributed by atoms with Crippen LogP contribution < -0.4 is 0 Å². The number of Topliss-reactive ketones (excluding diaryl/α,β-unsaturated/α-hetero) is 1. The van der Waals surface area contributed by atoms with E-state index in [0.717, 1.165) is 42.6 Å². The summed E-state index contributed by atoms with van der Waals surface area (Å²) in [4.78, 5) is 17.2. The molecule has 2 heterocycles. The Hall–Kier alpha value is -3.12. The minimum atomic E-state index is -0.00851. The molecule has 0 spiro atoms. The van der Waals surface area contributed by atoms with Gasteiger partial charge in [0.15, 0.2) is 11.7 Å². The van der Waals surface area contributed by atoms with Gasteiger partial charge in [0.2, 0.25) is 0 Å². The number of hydrogen-bond donors (Lipinski definition) is 2. The molecule has 0 aliphatic carbocycles. The smallest absolute Gasteiger partial charge is 0.199 e. The van der Waals surface area contributed by atoms with E-state index in [1.165, 1.54) is 0 Å². The third-order valence-corrected chi connectivity index (χ3v) is 5.19. The number of carbonyl (C=O) groups is 1. The third kappa shape index (κ3) is 3.51. The van der Waals surface area contributed by atoms with Gasteiger partial charge in [-0.15, -0.1) is 0 Å². The van der Waals surface area contributed by atoms with Crippen LogP contribution in [0.3, 0.4) is 0 Å². The van der Waals surface area contributed by atoms with Crippen molar-refractivity contribution in [2.75, 3.05) is 33.2 Å². The van der Waals surface area contributed by atoms with Crippen molar-refractivity contribution in [3.8, 4) is 5.88 Å². The maximum absolute atomic E-state index is 11.9. The fourth-order valence-corrected chi connectivity index (χ4v) is 3.52. The van der Waals surface area contributed by atoms with Crippen molar-refractivity contribution in [2.45, 2.75) is 6.92 Å². The number of fused-ring (bicyclic) bond motifs is 1. The summed E-state index contributed by atoms with van der Waals surface area (Å²) in [6, 6.07) is 15.3. The molecule has 28 heavy (non-hydrogen) atoms. The fourth-order valence-electron chi connectivity index (χ4n) is 3.52. The lowest BCUT2D eigenvalue weighted by Crippen LogP contribution is -2.42. The number of piperazine rings is 1. The van der Waals surface area contributed by atoms with E-state index < -0.39 is 0 Å². The minimum Gasteiger partial charge on any atom is -0.494 e. The number of aromatic nitrogens is 1. The van der Waals surface area contributed by atoms with Gasteiger partial charge in [0, 0.05) is 48.2 Å². The van der Waals surface area contributed by atoms with Gasteiger partial charge in [-0.25, -0.2) is 0 Å².